The van der Waals surface area contributed by atoms with Crippen LogP contribution in [0, 0.1) is 0 Å². The van der Waals surface area contributed by atoms with Crippen LogP contribution < -0.4 is 10.6 Å². The Morgan fingerprint density at radius 1 is 1.21 bits per heavy atom. The summed E-state index contributed by atoms with van der Waals surface area (Å²) in [5.74, 6) is -0.281. The van der Waals surface area contributed by atoms with E-state index < -0.39 is 0 Å². The molecule has 2 N–H and O–H groups in total. The molecule has 0 fully saturated rings. The molecule has 2 aromatic rings. The Kier molecular flexibility index (Phi) is 7.57. The number of thiophene rings is 1. The molecule has 1 aliphatic rings. The Hall–Kier alpha value is -1.34. The van der Waals surface area contributed by atoms with Crippen molar-refractivity contribution in [2.75, 3.05) is 11.9 Å². The molecule has 0 aliphatic heterocycles. The summed E-state index contributed by atoms with van der Waals surface area (Å²) in [6.07, 6.45) is 5.34. The lowest BCUT2D eigenvalue weighted by Crippen LogP contribution is -2.28. The van der Waals surface area contributed by atoms with Gasteiger partial charge >= 0.3 is 5.97 Å². The van der Waals surface area contributed by atoms with Crippen molar-refractivity contribution in [1.29, 1.82) is 0 Å². The van der Waals surface area contributed by atoms with Crippen molar-refractivity contribution in [1.82, 2.24) is 5.32 Å². The SMILES string of the molecule is CCOC(=O)c1c(NC(=S)NCc2ccc(Cl)c(Cl)c2)sc2c1CCCCC2. The molecule has 0 unspecified atom stereocenters. The minimum Gasteiger partial charge on any atom is -0.462 e. The zero-order valence-electron chi connectivity index (χ0n) is 15.6. The quantitative estimate of drug-likeness (QED) is 0.328. The van der Waals surface area contributed by atoms with Crippen LogP contribution in [0.5, 0.6) is 0 Å². The second-order valence-corrected chi connectivity index (χ2v) is 8.87. The molecule has 0 saturated heterocycles. The summed E-state index contributed by atoms with van der Waals surface area (Å²) in [4.78, 5) is 13.9. The molecule has 3 rings (SSSR count). The Labute approximate surface area is 184 Å². The predicted octanol–water partition coefficient (Wildman–Crippen LogP) is 5.99. The van der Waals surface area contributed by atoms with Crippen molar-refractivity contribution < 1.29 is 9.53 Å². The van der Waals surface area contributed by atoms with Gasteiger partial charge in [0.05, 0.1) is 22.2 Å². The molecule has 150 valence electrons. The number of thiocarbonyl (C=S) groups is 1. The molecule has 0 bridgehead atoms. The minimum atomic E-state index is -0.281. The molecule has 0 saturated carbocycles. The molecule has 28 heavy (non-hydrogen) atoms. The lowest BCUT2D eigenvalue weighted by atomic mass is 10.1. The van der Waals surface area contributed by atoms with Crippen molar-refractivity contribution in [3.8, 4) is 0 Å². The lowest BCUT2D eigenvalue weighted by Gasteiger charge is -2.12. The molecule has 1 aromatic heterocycles. The average Bonchev–Trinajstić information content (AvgIpc) is 2.83. The standard InChI is InChI=1S/C20H22Cl2N2O2S2/c1-2-26-19(25)17-13-6-4-3-5-7-16(13)28-18(17)24-20(27)23-11-12-8-9-14(21)15(22)10-12/h8-10H,2-7,11H2,1H3,(H2,23,24,27). The second kappa shape index (κ2) is 9.92. The molecule has 4 nitrogen and oxygen atoms in total. The van der Waals surface area contributed by atoms with E-state index in [4.69, 9.17) is 40.2 Å². The lowest BCUT2D eigenvalue weighted by molar-refractivity contribution is 0.0527. The van der Waals surface area contributed by atoms with Gasteiger partial charge in [-0.05, 0) is 68.1 Å². The van der Waals surface area contributed by atoms with Gasteiger partial charge in [-0.15, -0.1) is 11.3 Å². The predicted molar refractivity (Wildman–Crippen MR) is 121 cm³/mol. The van der Waals surface area contributed by atoms with Gasteiger partial charge in [-0.25, -0.2) is 4.79 Å². The molecule has 0 atom stereocenters. The van der Waals surface area contributed by atoms with Gasteiger partial charge < -0.3 is 15.4 Å². The highest BCUT2D eigenvalue weighted by molar-refractivity contribution is 7.80. The first kappa shape index (κ1) is 21.4. The number of benzene rings is 1. The Balaban J connectivity index is 1.74. The van der Waals surface area contributed by atoms with Crippen molar-refractivity contribution in [3.05, 3.63) is 49.8 Å². The summed E-state index contributed by atoms with van der Waals surface area (Å²) in [5, 5.41) is 8.60. The summed E-state index contributed by atoms with van der Waals surface area (Å²) in [7, 11) is 0. The van der Waals surface area contributed by atoms with E-state index in [1.807, 2.05) is 13.0 Å². The highest BCUT2D eigenvalue weighted by atomic mass is 35.5. The van der Waals surface area contributed by atoms with E-state index in [0.717, 1.165) is 41.8 Å². The monoisotopic (exact) mass is 456 g/mol. The number of anilines is 1. The number of aryl methyl sites for hydroxylation is 1. The van der Waals surface area contributed by atoms with Crippen LogP contribution in [-0.2, 0) is 24.1 Å². The van der Waals surface area contributed by atoms with Crippen molar-refractivity contribution in [2.45, 2.75) is 45.6 Å². The maximum Gasteiger partial charge on any atom is 0.341 e. The molecule has 1 aromatic carbocycles. The number of ether oxygens (including phenoxy) is 1. The van der Waals surface area contributed by atoms with E-state index >= 15 is 0 Å². The van der Waals surface area contributed by atoms with Crippen LogP contribution in [0.1, 0.15) is 52.5 Å². The van der Waals surface area contributed by atoms with Crippen molar-refractivity contribution in [2.24, 2.45) is 0 Å². The summed E-state index contributed by atoms with van der Waals surface area (Å²) >= 11 is 19.1. The van der Waals surface area contributed by atoms with Crippen LogP contribution in [0.25, 0.3) is 0 Å². The first-order valence-corrected chi connectivity index (χ1v) is 11.3. The smallest absolute Gasteiger partial charge is 0.341 e. The van der Waals surface area contributed by atoms with E-state index in [0.29, 0.717) is 33.9 Å². The van der Waals surface area contributed by atoms with Gasteiger partial charge in [-0.2, -0.15) is 0 Å². The first-order chi connectivity index (χ1) is 13.5. The van der Waals surface area contributed by atoms with E-state index in [1.54, 1.807) is 23.5 Å². The Morgan fingerprint density at radius 2 is 2.00 bits per heavy atom. The van der Waals surface area contributed by atoms with Crippen LogP contribution in [0.15, 0.2) is 18.2 Å². The highest BCUT2D eigenvalue weighted by Gasteiger charge is 2.26. The van der Waals surface area contributed by atoms with Crippen molar-refractivity contribution in [3.63, 3.8) is 0 Å². The average molecular weight is 457 g/mol. The summed E-state index contributed by atoms with van der Waals surface area (Å²) < 4.78 is 5.31. The summed E-state index contributed by atoms with van der Waals surface area (Å²) in [6, 6.07) is 5.45. The fraction of sp³-hybridized carbons (Fsp3) is 0.400. The second-order valence-electron chi connectivity index (χ2n) is 6.55. The molecule has 1 aliphatic carbocycles. The third-order valence-electron chi connectivity index (χ3n) is 4.57. The third kappa shape index (κ3) is 5.17. The molecule has 8 heteroatoms. The fourth-order valence-electron chi connectivity index (χ4n) is 3.23. The van der Waals surface area contributed by atoms with E-state index in [2.05, 4.69) is 10.6 Å². The summed E-state index contributed by atoms with van der Waals surface area (Å²) in [6.45, 7) is 2.67. The fourth-order valence-corrected chi connectivity index (χ4v) is 5.07. The van der Waals surface area contributed by atoms with E-state index in [1.165, 1.54) is 11.3 Å². The van der Waals surface area contributed by atoms with E-state index in [-0.39, 0.29) is 5.97 Å². The number of carbonyl (C=O) groups excluding carboxylic acids is 1. The minimum absolute atomic E-state index is 0.281. The number of hydrogen-bond acceptors (Lipinski definition) is 4. The molecule has 0 amide bonds. The molecule has 0 spiro atoms. The van der Waals surface area contributed by atoms with Gasteiger partial charge in [0.1, 0.15) is 5.00 Å². The van der Waals surface area contributed by atoms with Crippen LogP contribution >= 0.6 is 46.8 Å². The number of rotatable bonds is 5. The van der Waals surface area contributed by atoms with E-state index in [9.17, 15) is 4.79 Å². The number of esters is 1. The Morgan fingerprint density at radius 3 is 2.75 bits per heavy atom. The van der Waals surface area contributed by atoms with Gasteiger partial charge in [0.2, 0.25) is 0 Å². The van der Waals surface area contributed by atoms with Gasteiger partial charge in [0.15, 0.2) is 5.11 Å². The van der Waals surface area contributed by atoms with Gasteiger partial charge in [-0.3, -0.25) is 0 Å². The Bertz CT molecular complexity index is 883. The van der Waals surface area contributed by atoms with Crippen LogP contribution in [0.2, 0.25) is 10.0 Å². The van der Waals surface area contributed by atoms with Crippen LogP contribution in [-0.4, -0.2) is 17.7 Å². The highest BCUT2D eigenvalue weighted by Crippen LogP contribution is 2.38. The third-order valence-corrected chi connectivity index (χ3v) is 6.76. The van der Waals surface area contributed by atoms with Gasteiger partial charge in [0.25, 0.3) is 0 Å². The number of carbonyl (C=O) groups is 1. The zero-order chi connectivity index (χ0) is 20.1. The first-order valence-electron chi connectivity index (χ1n) is 9.30. The van der Waals surface area contributed by atoms with Crippen LogP contribution in [0.4, 0.5) is 5.00 Å². The largest absolute Gasteiger partial charge is 0.462 e. The molecular weight excluding hydrogens is 435 g/mol. The maximum atomic E-state index is 12.6. The molecular formula is C20H22Cl2N2O2S2. The number of hydrogen-bond donors (Lipinski definition) is 2. The summed E-state index contributed by atoms with van der Waals surface area (Å²) in [5.41, 5.74) is 2.73. The number of halogens is 2. The topological polar surface area (TPSA) is 50.4 Å². The van der Waals surface area contributed by atoms with Gasteiger partial charge in [0, 0.05) is 11.4 Å². The zero-order valence-corrected chi connectivity index (χ0v) is 18.7. The normalized spacial score (nSPS) is 13.4. The van der Waals surface area contributed by atoms with Crippen LogP contribution in [0.3, 0.4) is 0 Å². The van der Waals surface area contributed by atoms with Gasteiger partial charge in [-0.1, -0.05) is 35.7 Å². The van der Waals surface area contributed by atoms with Crippen molar-refractivity contribution >= 4 is 62.8 Å². The number of nitrogens with one attached hydrogen (secondary N) is 2. The molecule has 0 radical (unpaired) electrons. The number of fused-ring (bicyclic) bond motifs is 1. The maximum absolute atomic E-state index is 12.6. The molecule has 1 heterocycles.